The van der Waals surface area contributed by atoms with E-state index in [0.29, 0.717) is 12.5 Å². The third kappa shape index (κ3) is 2.96. The maximum Gasteiger partial charge on any atom is 0.217 e. The van der Waals surface area contributed by atoms with E-state index < -0.39 is 6.10 Å². The molecular weight excluding hydrogens is 330 g/mol. The first-order chi connectivity index (χ1) is 11.9. The Hall–Kier alpha value is -2.17. The molecule has 0 saturated carbocycles. The Morgan fingerprint density at radius 2 is 1.96 bits per heavy atom. The Balaban J connectivity index is 1.83. The molecule has 3 aromatic rings. The number of benzene rings is 2. The number of nitrogens with zero attached hydrogens (tertiary/aromatic N) is 1. The Morgan fingerprint density at radius 1 is 1.16 bits per heavy atom. The van der Waals surface area contributed by atoms with Crippen LogP contribution in [-0.2, 0) is 4.74 Å². The standard InChI is InChI=1S/C21H21NO2S/c1-13-8-9-15(20-22-21(2,3)12-24-20)16(10-13)19(23)17-11-25-18-7-5-4-6-14(17)18/h4-11,19,23H,12H2,1-3H3. The summed E-state index contributed by atoms with van der Waals surface area (Å²) in [6, 6.07) is 14.2. The van der Waals surface area contributed by atoms with Crippen LogP contribution in [0.3, 0.4) is 0 Å². The zero-order valence-corrected chi connectivity index (χ0v) is 15.4. The van der Waals surface area contributed by atoms with Gasteiger partial charge in [0.2, 0.25) is 5.90 Å². The molecule has 0 fully saturated rings. The number of aliphatic hydroxyl groups excluding tert-OH is 1. The van der Waals surface area contributed by atoms with Crippen molar-refractivity contribution >= 4 is 27.3 Å². The van der Waals surface area contributed by atoms with Gasteiger partial charge in [-0.05, 0) is 49.2 Å². The summed E-state index contributed by atoms with van der Waals surface area (Å²) in [4.78, 5) is 4.69. The molecule has 0 radical (unpaired) electrons. The van der Waals surface area contributed by atoms with Crippen LogP contribution in [0, 0.1) is 6.92 Å². The smallest absolute Gasteiger partial charge is 0.217 e. The molecule has 1 aliphatic heterocycles. The van der Waals surface area contributed by atoms with E-state index in [2.05, 4.69) is 26.0 Å². The van der Waals surface area contributed by atoms with Crippen molar-refractivity contribution in [2.75, 3.05) is 6.61 Å². The second-order valence-electron chi connectivity index (χ2n) is 7.20. The molecule has 0 bridgehead atoms. The third-order valence-electron chi connectivity index (χ3n) is 4.50. The van der Waals surface area contributed by atoms with Crippen molar-refractivity contribution in [3.63, 3.8) is 0 Å². The summed E-state index contributed by atoms with van der Waals surface area (Å²) < 4.78 is 7.01. The SMILES string of the molecule is Cc1ccc(C2=NC(C)(C)CO2)c(C(O)c2csc3ccccc23)c1. The molecule has 3 nitrogen and oxygen atoms in total. The van der Waals surface area contributed by atoms with Crippen LogP contribution in [0.25, 0.3) is 10.1 Å². The largest absolute Gasteiger partial charge is 0.475 e. The fraction of sp³-hybridized carbons (Fsp3) is 0.286. The molecule has 0 spiro atoms. The van der Waals surface area contributed by atoms with E-state index in [4.69, 9.17) is 9.73 Å². The number of hydrogen-bond donors (Lipinski definition) is 1. The Kier molecular flexibility index (Phi) is 3.89. The normalized spacial score (nSPS) is 17.4. The number of aryl methyl sites for hydroxylation is 1. The number of aliphatic imine (C=N–C) groups is 1. The van der Waals surface area contributed by atoms with Gasteiger partial charge >= 0.3 is 0 Å². The second-order valence-corrected chi connectivity index (χ2v) is 8.11. The van der Waals surface area contributed by atoms with Crippen LogP contribution >= 0.6 is 11.3 Å². The number of thiophene rings is 1. The Bertz CT molecular complexity index is 971. The van der Waals surface area contributed by atoms with Gasteiger partial charge in [-0.25, -0.2) is 4.99 Å². The number of aliphatic hydroxyl groups is 1. The predicted molar refractivity (Wildman–Crippen MR) is 104 cm³/mol. The summed E-state index contributed by atoms with van der Waals surface area (Å²) in [6.45, 7) is 6.70. The van der Waals surface area contributed by atoms with Gasteiger partial charge in [0.05, 0.1) is 5.54 Å². The maximum absolute atomic E-state index is 11.2. The quantitative estimate of drug-likeness (QED) is 0.733. The zero-order valence-electron chi connectivity index (χ0n) is 14.6. The molecule has 0 aliphatic carbocycles. The first-order valence-corrected chi connectivity index (χ1v) is 9.30. The van der Waals surface area contributed by atoms with Crippen molar-refractivity contribution in [2.24, 2.45) is 4.99 Å². The summed E-state index contributed by atoms with van der Waals surface area (Å²) in [7, 11) is 0. The molecule has 1 N–H and O–H groups in total. The fourth-order valence-corrected chi connectivity index (χ4v) is 4.18. The van der Waals surface area contributed by atoms with E-state index >= 15 is 0 Å². The Labute approximate surface area is 151 Å². The zero-order chi connectivity index (χ0) is 17.6. The molecule has 2 heterocycles. The third-order valence-corrected chi connectivity index (χ3v) is 5.49. The van der Waals surface area contributed by atoms with Crippen LogP contribution in [0.4, 0.5) is 0 Å². The molecule has 0 saturated heterocycles. The number of rotatable bonds is 3. The molecule has 4 rings (SSSR count). The number of hydrogen-bond acceptors (Lipinski definition) is 4. The lowest BCUT2D eigenvalue weighted by atomic mass is 9.94. The molecule has 2 aromatic carbocycles. The summed E-state index contributed by atoms with van der Waals surface area (Å²) in [5.41, 5.74) is 3.54. The topological polar surface area (TPSA) is 41.8 Å². The van der Waals surface area contributed by atoms with Crippen molar-refractivity contribution in [2.45, 2.75) is 32.4 Å². The minimum Gasteiger partial charge on any atom is -0.475 e. The van der Waals surface area contributed by atoms with Gasteiger partial charge in [0, 0.05) is 15.8 Å². The van der Waals surface area contributed by atoms with Crippen molar-refractivity contribution in [3.8, 4) is 0 Å². The van der Waals surface area contributed by atoms with Gasteiger partial charge < -0.3 is 9.84 Å². The average molecular weight is 351 g/mol. The van der Waals surface area contributed by atoms with Crippen molar-refractivity contribution < 1.29 is 9.84 Å². The van der Waals surface area contributed by atoms with E-state index in [0.717, 1.165) is 27.6 Å². The molecule has 25 heavy (non-hydrogen) atoms. The minimum absolute atomic E-state index is 0.225. The van der Waals surface area contributed by atoms with E-state index in [9.17, 15) is 5.11 Å². The van der Waals surface area contributed by atoms with Gasteiger partial charge in [-0.1, -0.05) is 35.9 Å². The van der Waals surface area contributed by atoms with Crippen LogP contribution in [-0.4, -0.2) is 23.2 Å². The van der Waals surface area contributed by atoms with E-state index in [1.165, 1.54) is 4.70 Å². The van der Waals surface area contributed by atoms with E-state index in [1.54, 1.807) is 11.3 Å². The fourth-order valence-electron chi connectivity index (χ4n) is 3.20. The van der Waals surface area contributed by atoms with Crippen LogP contribution in [0.2, 0.25) is 0 Å². The lowest BCUT2D eigenvalue weighted by Gasteiger charge is -2.16. The van der Waals surface area contributed by atoms with Gasteiger partial charge in [0.1, 0.15) is 12.7 Å². The molecule has 4 heteroatoms. The van der Waals surface area contributed by atoms with Crippen LogP contribution in [0.1, 0.15) is 42.2 Å². The molecule has 1 unspecified atom stereocenters. The van der Waals surface area contributed by atoms with Gasteiger partial charge in [-0.3, -0.25) is 0 Å². The first-order valence-electron chi connectivity index (χ1n) is 8.42. The molecule has 0 amide bonds. The second kappa shape index (κ2) is 5.97. The Morgan fingerprint density at radius 3 is 2.72 bits per heavy atom. The van der Waals surface area contributed by atoms with Crippen molar-refractivity contribution in [1.29, 1.82) is 0 Å². The van der Waals surface area contributed by atoms with Crippen molar-refractivity contribution in [3.05, 3.63) is 70.1 Å². The highest BCUT2D eigenvalue weighted by molar-refractivity contribution is 7.17. The van der Waals surface area contributed by atoms with Gasteiger partial charge in [-0.2, -0.15) is 0 Å². The first kappa shape index (κ1) is 16.3. The van der Waals surface area contributed by atoms with Crippen molar-refractivity contribution in [1.82, 2.24) is 0 Å². The lowest BCUT2D eigenvalue weighted by Crippen LogP contribution is -2.17. The molecular formula is C21H21NO2S. The summed E-state index contributed by atoms with van der Waals surface area (Å²) in [5.74, 6) is 0.624. The van der Waals surface area contributed by atoms with Gasteiger partial charge in [-0.15, -0.1) is 11.3 Å². The molecule has 1 aromatic heterocycles. The van der Waals surface area contributed by atoms with E-state index in [1.807, 2.05) is 42.6 Å². The number of fused-ring (bicyclic) bond motifs is 1. The van der Waals surface area contributed by atoms with Crippen LogP contribution in [0.15, 0.2) is 52.8 Å². The molecule has 1 aliphatic rings. The van der Waals surface area contributed by atoms with Gasteiger partial charge in [0.15, 0.2) is 0 Å². The summed E-state index contributed by atoms with van der Waals surface area (Å²) >= 11 is 1.66. The highest BCUT2D eigenvalue weighted by Gasteiger charge is 2.30. The lowest BCUT2D eigenvalue weighted by molar-refractivity contribution is 0.221. The molecule has 1 atom stereocenters. The minimum atomic E-state index is -0.707. The predicted octanol–water partition coefficient (Wildman–Crippen LogP) is 4.85. The highest BCUT2D eigenvalue weighted by Crippen LogP contribution is 2.36. The van der Waals surface area contributed by atoms with Crippen LogP contribution < -0.4 is 0 Å². The van der Waals surface area contributed by atoms with Crippen LogP contribution in [0.5, 0.6) is 0 Å². The summed E-state index contributed by atoms with van der Waals surface area (Å²) in [6.07, 6.45) is -0.707. The van der Waals surface area contributed by atoms with Gasteiger partial charge in [0.25, 0.3) is 0 Å². The van der Waals surface area contributed by atoms with E-state index in [-0.39, 0.29) is 5.54 Å². The molecule has 128 valence electrons. The monoisotopic (exact) mass is 351 g/mol. The highest BCUT2D eigenvalue weighted by atomic mass is 32.1. The summed E-state index contributed by atoms with van der Waals surface area (Å²) in [5, 5.41) is 14.3. The number of ether oxygens (including phenoxy) is 1. The average Bonchev–Trinajstić information content (AvgIpc) is 3.17. The maximum atomic E-state index is 11.2.